The van der Waals surface area contributed by atoms with E-state index in [1.54, 1.807) is 6.07 Å². The molecule has 2 amide bonds. The van der Waals surface area contributed by atoms with Crippen molar-refractivity contribution in [2.24, 2.45) is 5.92 Å². The van der Waals surface area contributed by atoms with Gasteiger partial charge in [-0.1, -0.05) is 31.5 Å². The summed E-state index contributed by atoms with van der Waals surface area (Å²) in [6.07, 6.45) is 0. The van der Waals surface area contributed by atoms with Crippen LogP contribution in [0.15, 0.2) is 18.2 Å². The standard InChI is InChI=1S/C16H24ClN3O/c1-12(2)11-19-6-8-20(9-7-19)16(21)18-14-5-4-13(3)15(17)10-14/h4-5,10,12H,6-9,11H2,1-3H3,(H,18,21). The van der Waals surface area contributed by atoms with Gasteiger partial charge in [-0.25, -0.2) is 4.79 Å². The van der Waals surface area contributed by atoms with Gasteiger partial charge < -0.3 is 10.2 Å². The van der Waals surface area contributed by atoms with Crippen molar-refractivity contribution in [1.29, 1.82) is 0 Å². The molecule has 1 N–H and O–H groups in total. The van der Waals surface area contributed by atoms with Crippen LogP contribution in [0.4, 0.5) is 10.5 Å². The molecule has 1 aliphatic rings. The molecule has 1 heterocycles. The second-order valence-electron chi connectivity index (χ2n) is 6.08. The Hall–Kier alpha value is -1.26. The zero-order valence-electron chi connectivity index (χ0n) is 13.0. The number of benzene rings is 1. The van der Waals surface area contributed by atoms with E-state index in [1.165, 1.54) is 0 Å². The highest BCUT2D eigenvalue weighted by Gasteiger charge is 2.21. The Balaban J connectivity index is 1.86. The number of anilines is 1. The van der Waals surface area contributed by atoms with Gasteiger partial charge in [0.15, 0.2) is 0 Å². The van der Waals surface area contributed by atoms with E-state index in [9.17, 15) is 4.79 Å². The van der Waals surface area contributed by atoms with Gasteiger partial charge in [-0.15, -0.1) is 0 Å². The molecule has 0 spiro atoms. The first-order chi connectivity index (χ1) is 9.95. The van der Waals surface area contributed by atoms with Gasteiger partial charge in [-0.05, 0) is 30.5 Å². The van der Waals surface area contributed by atoms with Crippen LogP contribution in [-0.2, 0) is 0 Å². The number of hydrogen-bond donors (Lipinski definition) is 1. The van der Waals surface area contributed by atoms with Crippen molar-refractivity contribution in [3.63, 3.8) is 0 Å². The molecule has 0 unspecified atom stereocenters. The molecular formula is C16H24ClN3O. The smallest absolute Gasteiger partial charge is 0.321 e. The third-order valence-electron chi connectivity index (χ3n) is 3.71. The summed E-state index contributed by atoms with van der Waals surface area (Å²) in [5.41, 5.74) is 1.76. The number of amides is 2. The number of piperazine rings is 1. The maximum absolute atomic E-state index is 12.2. The van der Waals surface area contributed by atoms with E-state index in [2.05, 4.69) is 24.1 Å². The number of nitrogens with one attached hydrogen (secondary N) is 1. The van der Waals surface area contributed by atoms with Gasteiger partial charge in [0, 0.05) is 43.4 Å². The quantitative estimate of drug-likeness (QED) is 0.928. The highest BCUT2D eigenvalue weighted by atomic mass is 35.5. The Labute approximate surface area is 132 Å². The van der Waals surface area contributed by atoms with Crippen LogP contribution in [-0.4, -0.2) is 48.6 Å². The van der Waals surface area contributed by atoms with Crippen LogP contribution in [0.25, 0.3) is 0 Å². The molecule has 21 heavy (non-hydrogen) atoms. The summed E-state index contributed by atoms with van der Waals surface area (Å²) in [4.78, 5) is 16.5. The van der Waals surface area contributed by atoms with Gasteiger partial charge in [0.2, 0.25) is 0 Å². The molecule has 0 saturated carbocycles. The fourth-order valence-corrected chi connectivity index (χ4v) is 2.70. The Morgan fingerprint density at radius 3 is 2.52 bits per heavy atom. The minimum atomic E-state index is -0.0425. The molecule has 1 aromatic carbocycles. The van der Waals surface area contributed by atoms with Crippen LogP contribution in [0, 0.1) is 12.8 Å². The Bertz CT molecular complexity index is 496. The van der Waals surface area contributed by atoms with Crippen LogP contribution in [0.2, 0.25) is 5.02 Å². The Kier molecular flexibility index (Phi) is 5.48. The van der Waals surface area contributed by atoms with Crippen molar-refractivity contribution < 1.29 is 4.79 Å². The normalized spacial score (nSPS) is 16.3. The lowest BCUT2D eigenvalue weighted by atomic mass is 10.2. The summed E-state index contributed by atoms with van der Waals surface area (Å²) >= 11 is 6.08. The highest BCUT2D eigenvalue weighted by molar-refractivity contribution is 6.31. The van der Waals surface area contributed by atoms with Crippen LogP contribution in [0.3, 0.4) is 0 Å². The van der Waals surface area contributed by atoms with Gasteiger partial charge in [0.05, 0.1) is 0 Å². The molecular weight excluding hydrogens is 286 g/mol. The number of aryl methyl sites for hydroxylation is 1. The largest absolute Gasteiger partial charge is 0.322 e. The van der Waals surface area contributed by atoms with Crippen LogP contribution < -0.4 is 5.32 Å². The van der Waals surface area contributed by atoms with E-state index in [1.807, 2.05) is 24.0 Å². The first-order valence-corrected chi connectivity index (χ1v) is 7.88. The molecule has 0 bridgehead atoms. The number of urea groups is 1. The predicted octanol–water partition coefficient (Wildman–Crippen LogP) is 3.45. The van der Waals surface area contributed by atoms with Gasteiger partial charge in [-0.2, -0.15) is 0 Å². The van der Waals surface area contributed by atoms with Gasteiger partial charge >= 0.3 is 6.03 Å². The average Bonchev–Trinajstić information content (AvgIpc) is 2.43. The first-order valence-electron chi connectivity index (χ1n) is 7.50. The van der Waals surface area contributed by atoms with Crippen molar-refractivity contribution in [1.82, 2.24) is 9.80 Å². The van der Waals surface area contributed by atoms with E-state index < -0.39 is 0 Å². The summed E-state index contributed by atoms with van der Waals surface area (Å²) in [6, 6.07) is 5.55. The lowest BCUT2D eigenvalue weighted by Gasteiger charge is -2.35. The highest BCUT2D eigenvalue weighted by Crippen LogP contribution is 2.20. The minimum Gasteiger partial charge on any atom is -0.322 e. The molecule has 1 fully saturated rings. The molecule has 116 valence electrons. The Morgan fingerprint density at radius 1 is 1.29 bits per heavy atom. The Morgan fingerprint density at radius 2 is 1.95 bits per heavy atom. The number of nitrogens with zero attached hydrogens (tertiary/aromatic N) is 2. The summed E-state index contributed by atoms with van der Waals surface area (Å²) in [6.45, 7) is 10.9. The SMILES string of the molecule is Cc1ccc(NC(=O)N2CCN(CC(C)C)CC2)cc1Cl. The molecule has 1 saturated heterocycles. The summed E-state index contributed by atoms with van der Waals surface area (Å²) in [5, 5.41) is 3.59. The molecule has 0 atom stereocenters. The third kappa shape index (κ3) is 4.61. The molecule has 0 aromatic heterocycles. The average molecular weight is 310 g/mol. The zero-order chi connectivity index (χ0) is 15.4. The van der Waals surface area contributed by atoms with Gasteiger partial charge in [0.1, 0.15) is 0 Å². The monoisotopic (exact) mass is 309 g/mol. The van der Waals surface area contributed by atoms with Crippen molar-refractivity contribution in [2.75, 3.05) is 38.0 Å². The van der Waals surface area contributed by atoms with Gasteiger partial charge in [0.25, 0.3) is 0 Å². The van der Waals surface area contributed by atoms with Crippen molar-refractivity contribution in [2.45, 2.75) is 20.8 Å². The number of hydrogen-bond acceptors (Lipinski definition) is 2. The topological polar surface area (TPSA) is 35.6 Å². The maximum Gasteiger partial charge on any atom is 0.321 e. The first kappa shape index (κ1) is 16.1. The molecule has 0 aliphatic carbocycles. The van der Waals surface area contributed by atoms with E-state index in [-0.39, 0.29) is 6.03 Å². The number of carbonyl (C=O) groups is 1. The van der Waals surface area contributed by atoms with Crippen LogP contribution in [0.1, 0.15) is 19.4 Å². The number of rotatable bonds is 3. The zero-order valence-corrected chi connectivity index (χ0v) is 13.8. The fourth-order valence-electron chi connectivity index (χ4n) is 2.52. The third-order valence-corrected chi connectivity index (χ3v) is 4.11. The molecule has 0 radical (unpaired) electrons. The van der Waals surface area contributed by atoms with E-state index in [0.717, 1.165) is 44.0 Å². The maximum atomic E-state index is 12.2. The lowest BCUT2D eigenvalue weighted by Crippen LogP contribution is -2.50. The fraction of sp³-hybridized carbons (Fsp3) is 0.562. The van der Waals surface area contributed by atoms with E-state index in [4.69, 9.17) is 11.6 Å². The predicted molar refractivity (Wildman–Crippen MR) is 88.1 cm³/mol. The summed E-state index contributed by atoms with van der Waals surface area (Å²) < 4.78 is 0. The molecule has 1 aliphatic heterocycles. The molecule has 4 nitrogen and oxygen atoms in total. The van der Waals surface area contributed by atoms with Crippen LogP contribution in [0.5, 0.6) is 0 Å². The molecule has 5 heteroatoms. The number of halogens is 1. The van der Waals surface area contributed by atoms with Crippen molar-refractivity contribution in [3.05, 3.63) is 28.8 Å². The molecule has 1 aromatic rings. The summed E-state index contributed by atoms with van der Waals surface area (Å²) in [5.74, 6) is 0.667. The van der Waals surface area contributed by atoms with Crippen molar-refractivity contribution >= 4 is 23.3 Å². The van der Waals surface area contributed by atoms with E-state index >= 15 is 0 Å². The number of carbonyl (C=O) groups excluding carboxylic acids is 1. The lowest BCUT2D eigenvalue weighted by molar-refractivity contribution is 0.138. The summed E-state index contributed by atoms with van der Waals surface area (Å²) in [7, 11) is 0. The van der Waals surface area contributed by atoms with Gasteiger partial charge in [-0.3, -0.25) is 4.90 Å². The van der Waals surface area contributed by atoms with Crippen molar-refractivity contribution in [3.8, 4) is 0 Å². The second-order valence-corrected chi connectivity index (χ2v) is 6.48. The van der Waals surface area contributed by atoms with Crippen LogP contribution >= 0.6 is 11.6 Å². The van der Waals surface area contributed by atoms with E-state index in [0.29, 0.717) is 10.9 Å². The minimum absolute atomic E-state index is 0.0425. The molecule has 2 rings (SSSR count). The second kappa shape index (κ2) is 7.14.